The Morgan fingerprint density at radius 2 is 2.09 bits per heavy atom. The number of anilines is 1. The van der Waals surface area contributed by atoms with Gasteiger partial charge in [0.1, 0.15) is 5.82 Å². The SMILES string of the molecule is O=C(NCC1CCN(c2ccccn2)CC1)C1CC=CCC1. The summed E-state index contributed by atoms with van der Waals surface area (Å²) in [5.41, 5.74) is 0. The van der Waals surface area contributed by atoms with Crippen LogP contribution in [0.4, 0.5) is 5.82 Å². The lowest BCUT2D eigenvalue weighted by Crippen LogP contribution is -2.40. The van der Waals surface area contributed by atoms with Crippen molar-refractivity contribution in [2.75, 3.05) is 24.5 Å². The lowest BCUT2D eigenvalue weighted by atomic mass is 9.92. The summed E-state index contributed by atoms with van der Waals surface area (Å²) in [5, 5.41) is 3.17. The summed E-state index contributed by atoms with van der Waals surface area (Å²) in [6.45, 7) is 2.89. The van der Waals surface area contributed by atoms with Crippen molar-refractivity contribution in [1.29, 1.82) is 0 Å². The number of nitrogens with zero attached hydrogens (tertiary/aromatic N) is 2. The van der Waals surface area contributed by atoms with Crippen LogP contribution in [0.3, 0.4) is 0 Å². The first-order valence-corrected chi connectivity index (χ1v) is 8.41. The quantitative estimate of drug-likeness (QED) is 0.870. The second-order valence-electron chi connectivity index (χ2n) is 6.34. The first kappa shape index (κ1) is 15.1. The Morgan fingerprint density at radius 3 is 2.77 bits per heavy atom. The van der Waals surface area contributed by atoms with E-state index in [1.54, 1.807) is 0 Å². The third-order valence-corrected chi connectivity index (χ3v) is 4.79. The van der Waals surface area contributed by atoms with Crippen LogP contribution in [-0.2, 0) is 4.79 Å². The average Bonchev–Trinajstić information content (AvgIpc) is 2.61. The summed E-state index contributed by atoms with van der Waals surface area (Å²) in [7, 11) is 0. The molecule has 1 N–H and O–H groups in total. The van der Waals surface area contributed by atoms with Gasteiger partial charge in [0.25, 0.3) is 0 Å². The number of carbonyl (C=O) groups excluding carboxylic acids is 1. The molecule has 0 spiro atoms. The molecular weight excluding hydrogens is 274 g/mol. The molecule has 1 unspecified atom stereocenters. The molecule has 0 bridgehead atoms. The molecule has 22 heavy (non-hydrogen) atoms. The minimum atomic E-state index is 0.193. The van der Waals surface area contributed by atoms with Crippen LogP contribution in [0.5, 0.6) is 0 Å². The van der Waals surface area contributed by atoms with Crippen molar-refractivity contribution in [3.05, 3.63) is 36.5 Å². The number of rotatable bonds is 4. The second-order valence-corrected chi connectivity index (χ2v) is 6.34. The molecule has 1 fully saturated rings. The van der Waals surface area contributed by atoms with E-state index < -0.39 is 0 Å². The highest BCUT2D eigenvalue weighted by molar-refractivity contribution is 5.78. The fraction of sp³-hybridized carbons (Fsp3) is 0.556. The molecule has 3 rings (SSSR count). The summed E-state index contributed by atoms with van der Waals surface area (Å²) in [6, 6.07) is 6.05. The van der Waals surface area contributed by atoms with Crippen molar-refractivity contribution in [3.8, 4) is 0 Å². The number of carbonyl (C=O) groups is 1. The van der Waals surface area contributed by atoms with Gasteiger partial charge in [-0.3, -0.25) is 4.79 Å². The van der Waals surface area contributed by atoms with Gasteiger partial charge in [0.05, 0.1) is 0 Å². The minimum absolute atomic E-state index is 0.193. The van der Waals surface area contributed by atoms with Gasteiger partial charge < -0.3 is 10.2 Å². The zero-order valence-corrected chi connectivity index (χ0v) is 13.1. The molecule has 0 saturated carbocycles. The van der Waals surface area contributed by atoms with Crippen LogP contribution in [0, 0.1) is 11.8 Å². The van der Waals surface area contributed by atoms with Crippen molar-refractivity contribution in [1.82, 2.24) is 10.3 Å². The molecule has 4 heteroatoms. The standard InChI is InChI=1S/C18H25N3O/c22-18(16-6-2-1-3-7-16)20-14-15-9-12-21(13-10-15)17-8-4-5-11-19-17/h1-2,4-5,8,11,15-16H,3,6-7,9-10,12-14H2,(H,20,22). The summed E-state index contributed by atoms with van der Waals surface area (Å²) in [5.74, 6) is 2.11. The molecule has 4 nitrogen and oxygen atoms in total. The number of hydrogen-bond donors (Lipinski definition) is 1. The van der Waals surface area contributed by atoms with Crippen molar-refractivity contribution in [2.24, 2.45) is 11.8 Å². The van der Waals surface area contributed by atoms with Crippen molar-refractivity contribution >= 4 is 11.7 Å². The van der Waals surface area contributed by atoms with E-state index in [0.29, 0.717) is 5.92 Å². The Labute approximate surface area is 132 Å². The molecule has 1 aliphatic carbocycles. The summed E-state index contributed by atoms with van der Waals surface area (Å²) < 4.78 is 0. The van der Waals surface area contributed by atoms with Gasteiger partial charge in [-0.05, 0) is 50.2 Å². The molecule has 1 aromatic rings. The third-order valence-electron chi connectivity index (χ3n) is 4.79. The molecule has 2 aliphatic rings. The van der Waals surface area contributed by atoms with Crippen LogP contribution >= 0.6 is 0 Å². The van der Waals surface area contributed by atoms with Gasteiger partial charge >= 0.3 is 0 Å². The first-order chi connectivity index (χ1) is 10.8. The smallest absolute Gasteiger partial charge is 0.223 e. The second kappa shape index (κ2) is 7.43. The molecule has 0 aromatic carbocycles. The number of aromatic nitrogens is 1. The largest absolute Gasteiger partial charge is 0.357 e. The van der Waals surface area contributed by atoms with Gasteiger partial charge in [-0.25, -0.2) is 4.98 Å². The average molecular weight is 299 g/mol. The summed E-state index contributed by atoms with van der Waals surface area (Å²) in [4.78, 5) is 18.9. The van der Waals surface area contributed by atoms with Gasteiger partial charge in [0.2, 0.25) is 5.91 Å². The van der Waals surface area contributed by atoms with E-state index in [4.69, 9.17) is 0 Å². The normalized spacial score (nSPS) is 22.5. The lowest BCUT2D eigenvalue weighted by molar-refractivity contribution is -0.125. The summed E-state index contributed by atoms with van der Waals surface area (Å²) >= 11 is 0. The Kier molecular flexibility index (Phi) is 5.09. The highest BCUT2D eigenvalue weighted by Gasteiger charge is 2.23. The van der Waals surface area contributed by atoms with Crippen LogP contribution in [0.25, 0.3) is 0 Å². The Balaban J connectivity index is 1.40. The predicted molar refractivity (Wildman–Crippen MR) is 88.7 cm³/mol. The van der Waals surface area contributed by atoms with Crippen LogP contribution < -0.4 is 10.2 Å². The van der Waals surface area contributed by atoms with Crippen molar-refractivity contribution < 1.29 is 4.79 Å². The number of hydrogen-bond acceptors (Lipinski definition) is 3. The van der Waals surface area contributed by atoms with E-state index in [0.717, 1.165) is 57.6 Å². The van der Waals surface area contributed by atoms with E-state index in [2.05, 4.69) is 33.4 Å². The highest BCUT2D eigenvalue weighted by atomic mass is 16.1. The van der Waals surface area contributed by atoms with E-state index in [9.17, 15) is 4.79 Å². The topological polar surface area (TPSA) is 45.2 Å². The molecular formula is C18H25N3O. The van der Waals surface area contributed by atoms with E-state index in [1.165, 1.54) is 0 Å². The van der Waals surface area contributed by atoms with Gasteiger partial charge in [-0.2, -0.15) is 0 Å². The Morgan fingerprint density at radius 1 is 1.23 bits per heavy atom. The maximum atomic E-state index is 12.2. The molecule has 1 amide bonds. The van der Waals surface area contributed by atoms with Gasteiger partial charge in [-0.15, -0.1) is 0 Å². The highest BCUT2D eigenvalue weighted by Crippen LogP contribution is 2.22. The van der Waals surface area contributed by atoms with Gasteiger partial charge in [-0.1, -0.05) is 18.2 Å². The monoisotopic (exact) mass is 299 g/mol. The van der Waals surface area contributed by atoms with Crippen LogP contribution in [0.15, 0.2) is 36.5 Å². The van der Waals surface area contributed by atoms with E-state index in [-0.39, 0.29) is 11.8 Å². The zero-order valence-electron chi connectivity index (χ0n) is 13.1. The Hall–Kier alpha value is -1.84. The number of nitrogens with one attached hydrogen (secondary N) is 1. The maximum Gasteiger partial charge on any atom is 0.223 e. The molecule has 2 heterocycles. The Bertz CT molecular complexity index is 506. The molecule has 0 radical (unpaired) electrons. The van der Waals surface area contributed by atoms with Gasteiger partial charge in [0.15, 0.2) is 0 Å². The fourth-order valence-corrected chi connectivity index (χ4v) is 3.33. The fourth-order valence-electron chi connectivity index (χ4n) is 3.33. The third kappa shape index (κ3) is 3.87. The first-order valence-electron chi connectivity index (χ1n) is 8.41. The van der Waals surface area contributed by atoms with Crippen molar-refractivity contribution in [2.45, 2.75) is 32.1 Å². The van der Waals surface area contributed by atoms with Crippen LogP contribution in [-0.4, -0.2) is 30.5 Å². The molecule has 1 saturated heterocycles. The number of allylic oxidation sites excluding steroid dienone is 2. The van der Waals surface area contributed by atoms with Crippen LogP contribution in [0.2, 0.25) is 0 Å². The number of pyridine rings is 1. The molecule has 1 atom stereocenters. The minimum Gasteiger partial charge on any atom is -0.357 e. The van der Waals surface area contributed by atoms with Crippen LogP contribution in [0.1, 0.15) is 32.1 Å². The van der Waals surface area contributed by atoms with Crippen molar-refractivity contribution in [3.63, 3.8) is 0 Å². The lowest BCUT2D eigenvalue weighted by Gasteiger charge is -2.33. The number of amides is 1. The van der Waals surface area contributed by atoms with E-state index in [1.807, 2.05) is 18.3 Å². The zero-order chi connectivity index (χ0) is 15.2. The predicted octanol–water partition coefficient (Wildman–Crippen LogP) is 2.77. The molecule has 1 aliphatic heterocycles. The molecule has 1 aromatic heterocycles. The molecule has 118 valence electrons. The number of piperidine rings is 1. The van der Waals surface area contributed by atoms with E-state index >= 15 is 0 Å². The maximum absolute atomic E-state index is 12.2. The summed E-state index contributed by atoms with van der Waals surface area (Å²) in [6.07, 6.45) is 11.4. The van der Waals surface area contributed by atoms with Gasteiger partial charge in [0, 0.05) is 31.7 Å².